The number of amides is 1. The summed E-state index contributed by atoms with van der Waals surface area (Å²) >= 11 is 0. The Hall–Kier alpha value is -2.49. The molecular formula is C23H32N2O2. The largest absolute Gasteiger partial charge is 0.481 e. The van der Waals surface area contributed by atoms with Gasteiger partial charge in [-0.25, -0.2) is 0 Å². The van der Waals surface area contributed by atoms with Gasteiger partial charge in [0.15, 0.2) is 6.10 Å². The predicted molar refractivity (Wildman–Crippen MR) is 112 cm³/mol. The van der Waals surface area contributed by atoms with Crippen molar-refractivity contribution in [3.05, 3.63) is 59.2 Å². The first kappa shape index (κ1) is 20.8. The van der Waals surface area contributed by atoms with Gasteiger partial charge in [0.25, 0.3) is 5.91 Å². The molecule has 0 aliphatic rings. The van der Waals surface area contributed by atoms with Crippen LogP contribution in [0.1, 0.15) is 43.9 Å². The van der Waals surface area contributed by atoms with Crippen molar-refractivity contribution in [1.29, 1.82) is 0 Å². The van der Waals surface area contributed by atoms with Gasteiger partial charge in [-0.2, -0.15) is 0 Å². The van der Waals surface area contributed by atoms with Crippen LogP contribution in [-0.4, -0.2) is 25.1 Å². The summed E-state index contributed by atoms with van der Waals surface area (Å²) in [6.07, 6.45) is 0.140. The zero-order valence-corrected chi connectivity index (χ0v) is 17.2. The van der Waals surface area contributed by atoms with E-state index in [1.807, 2.05) is 32.9 Å². The molecule has 0 spiro atoms. The molecule has 1 N–H and O–H groups in total. The van der Waals surface area contributed by atoms with Crippen molar-refractivity contribution in [1.82, 2.24) is 5.32 Å². The molecule has 0 aromatic heterocycles. The van der Waals surface area contributed by atoms with Crippen molar-refractivity contribution in [2.24, 2.45) is 0 Å². The van der Waals surface area contributed by atoms with E-state index in [0.717, 1.165) is 35.5 Å². The second-order valence-corrected chi connectivity index (χ2v) is 6.89. The highest BCUT2D eigenvalue weighted by atomic mass is 16.5. The van der Waals surface area contributed by atoms with E-state index in [4.69, 9.17) is 4.74 Å². The standard InChI is InChI=1S/C23H32N2O2/c1-6-22(27-21-14-17(4)13-18(5)15-21)23(26)24-16-19-9-11-20(12-10-19)25(7-2)8-3/h9-15,22H,6-8,16H2,1-5H3,(H,24,26)/t22-/m1/s1. The van der Waals surface area contributed by atoms with Crippen LogP contribution in [-0.2, 0) is 11.3 Å². The Morgan fingerprint density at radius 1 is 1.00 bits per heavy atom. The molecule has 0 saturated heterocycles. The first-order valence-electron chi connectivity index (χ1n) is 9.83. The van der Waals surface area contributed by atoms with E-state index in [-0.39, 0.29) is 5.91 Å². The maximum absolute atomic E-state index is 12.5. The van der Waals surface area contributed by atoms with Crippen LogP contribution in [0.2, 0.25) is 0 Å². The first-order valence-corrected chi connectivity index (χ1v) is 9.83. The third kappa shape index (κ3) is 6.02. The molecule has 0 fully saturated rings. The smallest absolute Gasteiger partial charge is 0.261 e. The average molecular weight is 369 g/mol. The molecule has 0 bridgehead atoms. The lowest BCUT2D eigenvalue weighted by molar-refractivity contribution is -0.128. The molecule has 2 rings (SSSR count). The second-order valence-electron chi connectivity index (χ2n) is 6.89. The Morgan fingerprint density at radius 3 is 2.11 bits per heavy atom. The van der Waals surface area contributed by atoms with Gasteiger partial charge in [-0.1, -0.05) is 25.1 Å². The van der Waals surface area contributed by atoms with Gasteiger partial charge in [-0.05, 0) is 75.1 Å². The molecule has 0 heterocycles. The van der Waals surface area contributed by atoms with Gasteiger partial charge < -0.3 is 15.0 Å². The number of hydrogen-bond donors (Lipinski definition) is 1. The summed E-state index contributed by atoms with van der Waals surface area (Å²) in [5.41, 5.74) is 4.56. The summed E-state index contributed by atoms with van der Waals surface area (Å²) in [5, 5.41) is 3.00. The Balaban J connectivity index is 1.94. The molecule has 4 heteroatoms. The summed E-state index contributed by atoms with van der Waals surface area (Å²) in [7, 11) is 0. The van der Waals surface area contributed by atoms with Crippen LogP contribution in [0.25, 0.3) is 0 Å². The molecule has 0 aliphatic carbocycles. The zero-order valence-electron chi connectivity index (χ0n) is 17.2. The first-order chi connectivity index (χ1) is 13.0. The predicted octanol–water partition coefficient (Wildman–Crippen LogP) is 4.62. The molecule has 0 unspecified atom stereocenters. The van der Waals surface area contributed by atoms with Gasteiger partial charge in [-0.3, -0.25) is 4.79 Å². The van der Waals surface area contributed by atoms with E-state index in [2.05, 4.69) is 54.4 Å². The second kappa shape index (κ2) is 10.0. The fourth-order valence-electron chi connectivity index (χ4n) is 3.20. The number of hydrogen-bond acceptors (Lipinski definition) is 3. The van der Waals surface area contributed by atoms with E-state index in [9.17, 15) is 4.79 Å². The Kier molecular flexibility index (Phi) is 7.71. The normalized spacial score (nSPS) is 11.7. The maximum atomic E-state index is 12.5. The van der Waals surface area contributed by atoms with Crippen molar-refractivity contribution >= 4 is 11.6 Å². The number of carbonyl (C=O) groups excluding carboxylic acids is 1. The molecule has 1 atom stereocenters. The highest BCUT2D eigenvalue weighted by molar-refractivity contribution is 5.81. The van der Waals surface area contributed by atoms with Crippen LogP contribution in [0.15, 0.2) is 42.5 Å². The number of benzene rings is 2. The van der Waals surface area contributed by atoms with E-state index in [0.29, 0.717) is 13.0 Å². The molecule has 1 amide bonds. The lowest BCUT2D eigenvalue weighted by Crippen LogP contribution is -2.37. The number of anilines is 1. The van der Waals surface area contributed by atoms with Crippen molar-refractivity contribution in [3.8, 4) is 5.75 Å². The minimum absolute atomic E-state index is 0.0792. The minimum atomic E-state index is -0.485. The molecule has 27 heavy (non-hydrogen) atoms. The fraction of sp³-hybridized carbons (Fsp3) is 0.435. The third-order valence-electron chi connectivity index (χ3n) is 4.67. The van der Waals surface area contributed by atoms with E-state index >= 15 is 0 Å². The molecule has 4 nitrogen and oxygen atoms in total. The van der Waals surface area contributed by atoms with E-state index < -0.39 is 6.10 Å². The van der Waals surface area contributed by atoms with E-state index in [1.165, 1.54) is 5.69 Å². The molecule has 146 valence electrons. The minimum Gasteiger partial charge on any atom is -0.481 e. The Bertz CT molecular complexity index is 716. The maximum Gasteiger partial charge on any atom is 0.261 e. The lowest BCUT2D eigenvalue weighted by Gasteiger charge is -2.21. The van der Waals surface area contributed by atoms with Crippen LogP contribution < -0.4 is 15.0 Å². The van der Waals surface area contributed by atoms with Crippen molar-refractivity contribution in [2.75, 3.05) is 18.0 Å². The van der Waals surface area contributed by atoms with Gasteiger partial charge in [0.1, 0.15) is 5.75 Å². The molecule has 0 aliphatic heterocycles. The lowest BCUT2D eigenvalue weighted by atomic mass is 10.1. The van der Waals surface area contributed by atoms with Crippen LogP contribution in [0.4, 0.5) is 5.69 Å². The summed E-state index contributed by atoms with van der Waals surface area (Å²) in [4.78, 5) is 14.8. The number of nitrogens with one attached hydrogen (secondary N) is 1. The van der Waals surface area contributed by atoms with Gasteiger partial charge >= 0.3 is 0 Å². The van der Waals surface area contributed by atoms with Gasteiger partial charge in [0, 0.05) is 25.3 Å². The highest BCUT2D eigenvalue weighted by Crippen LogP contribution is 2.19. The molecule has 2 aromatic carbocycles. The van der Waals surface area contributed by atoms with Gasteiger partial charge in [-0.15, -0.1) is 0 Å². The number of carbonyl (C=O) groups is 1. The molecule has 0 saturated carbocycles. The topological polar surface area (TPSA) is 41.6 Å². The summed E-state index contributed by atoms with van der Waals surface area (Å²) in [6, 6.07) is 14.4. The van der Waals surface area contributed by atoms with Crippen LogP contribution in [0.3, 0.4) is 0 Å². The number of ether oxygens (including phenoxy) is 1. The van der Waals surface area contributed by atoms with Crippen LogP contribution >= 0.6 is 0 Å². The average Bonchev–Trinajstić information content (AvgIpc) is 2.65. The fourth-order valence-corrected chi connectivity index (χ4v) is 3.20. The number of nitrogens with zero attached hydrogens (tertiary/aromatic N) is 1. The van der Waals surface area contributed by atoms with Crippen molar-refractivity contribution in [3.63, 3.8) is 0 Å². The SMILES string of the molecule is CC[C@@H](Oc1cc(C)cc(C)c1)C(=O)NCc1ccc(N(CC)CC)cc1. The molecular weight excluding hydrogens is 336 g/mol. The van der Waals surface area contributed by atoms with Gasteiger partial charge in [0.2, 0.25) is 0 Å². The van der Waals surface area contributed by atoms with Gasteiger partial charge in [0.05, 0.1) is 0 Å². The number of aryl methyl sites for hydroxylation is 2. The summed E-state index contributed by atoms with van der Waals surface area (Å²) < 4.78 is 5.94. The molecule has 0 radical (unpaired) electrons. The Morgan fingerprint density at radius 2 is 1.59 bits per heavy atom. The van der Waals surface area contributed by atoms with E-state index in [1.54, 1.807) is 0 Å². The van der Waals surface area contributed by atoms with Crippen molar-refractivity contribution in [2.45, 2.75) is 53.7 Å². The Labute approximate surface area is 163 Å². The van der Waals surface area contributed by atoms with Crippen LogP contribution in [0.5, 0.6) is 5.75 Å². The monoisotopic (exact) mass is 368 g/mol. The number of rotatable bonds is 9. The van der Waals surface area contributed by atoms with Crippen molar-refractivity contribution < 1.29 is 9.53 Å². The third-order valence-corrected chi connectivity index (χ3v) is 4.67. The summed E-state index contributed by atoms with van der Waals surface area (Å²) in [5.74, 6) is 0.669. The molecule has 2 aromatic rings. The highest BCUT2D eigenvalue weighted by Gasteiger charge is 2.18. The summed E-state index contributed by atoms with van der Waals surface area (Å²) in [6.45, 7) is 12.8. The van der Waals surface area contributed by atoms with Crippen LogP contribution in [0, 0.1) is 13.8 Å². The quantitative estimate of drug-likeness (QED) is 0.702. The zero-order chi connectivity index (χ0) is 19.8.